The van der Waals surface area contributed by atoms with Gasteiger partial charge in [-0.2, -0.15) is 5.10 Å². The van der Waals surface area contributed by atoms with Gasteiger partial charge in [0, 0.05) is 42.2 Å². The molecule has 0 aliphatic carbocycles. The van der Waals surface area contributed by atoms with Crippen molar-refractivity contribution < 1.29 is 4.79 Å². The Balaban J connectivity index is 1.41. The van der Waals surface area contributed by atoms with E-state index in [1.165, 1.54) is 6.33 Å². The molecule has 0 bridgehead atoms. The van der Waals surface area contributed by atoms with Crippen LogP contribution in [0, 0.1) is 0 Å². The van der Waals surface area contributed by atoms with Crippen LogP contribution in [-0.2, 0) is 4.79 Å². The molecule has 3 aromatic heterocycles. The van der Waals surface area contributed by atoms with E-state index in [9.17, 15) is 4.79 Å². The molecule has 0 aliphatic heterocycles. The van der Waals surface area contributed by atoms with E-state index in [0.29, 0.717) is 17.3 Å². The Labute approximate surface area is 161 Å². The Hall–Kier alpha value is -4.01. The van der Waals surface area contributed by atoms with Gasteiger partial charge in [-0.1, -0.05) is 0 Å². The van der Waals surface area contributed by atoms with Crippen LogP contribution in [0.25, 0.3) is 5.82 Å². The summed E-state index contributed by atoms with van der Waals surface area (Å²) in [5.74, 6) is 1.24. The zero-order chi connectivity index (χ0) is 19.3. The molecule has 9 heteroatoms. The lowest BCUT2D eigenvalue weighted by Gasteiger charge is -2.13. The van der Waals surface area contributed by atoms with Crippen LogP contribution in [0.3, 0.4) is 0 Å². The number of hydrogen-bond donors (Lipinski definition) is 2. The summed E-state index contributed by atoms with van der Waals surface area (Å²) in [5, 5.41) is 10.2. The molecule has 140 valence electrons. The molecule has 0 fully saturated rings. The summed E-state index contributed by atoms with van der Waals surface area (Å²) in [6, 6.07) is 10.6. The third kappa shape index (κ3) is 3.88. The maximum Gasteiger partial charge on any atom is 0.248 e. The Bertz CT molecular complexity index is 1040. The van der Waals surface area contributed by atoms with Crippen LogP contribution in [0.1, 0.15) is 13.0 Å². The number of benzene rings is 1. The van der Waals surface area contributed by atoms with Gasteiger partial charge in [0.15, 0.2) is 0 Å². The van der Waals surface area contributed by atoms with Gasteiger partial charge in [-0.25, -0.2) is 15.0 Å². The molecule has 0 unspecified atom stereocenters. The molecule has 4 aromatic rings. The third-order valence-electron chi connectivity index (χ3n) is 4.15. The van der Waals surface area contributed by atoms with Gasteiger partial charge in [-0.05, 0) is 37.3 Å². The van der Waals surface area contributed by atoms with Crippen molar-refractivity contribution in [3.8, 4) is 5.82 Å². The molecule has 28 heavy (non-hydrogen) atoms. The zero-order valence-electron chi connectivity index (χ0n) is 15.1. The number of rotatable bonds is 6. The largest absolute Gasteiger partial charge is 0.340 e. The highest BCUT2D eigenvalue weighted by atomic mass is 16.2. The average Bonchev–Trinajstić information content (AvgIpc) is 3.43. The smallest absolute Gasteiger partial charge is 0.248 e. The molecule has 0 radical (unpaired) electrons. The number of nitrogens with zero attached hydrogens (tertiary/aromatic N) is 6. The van der Waals surface area contributed by atoms with Crippen LogP contribution in [-0.4, -0.2) is 35.2 Å². The first-order chi connectivity index (χ1) is 13.7. The van der Waals surface area contributed by atoms with E-state index < -0.39 is 6.04 Å². The number of aromatic nitrogens is 6. The first kappa shape index (κ1) is 17.4. The number of carbonyl (C=O) groups excluding carboxylic acids is 1. The summed E-state index contributed by atoms with van der Waals surface area (Å²) >= 11 is 0. The van der Waals surface area contributed by atoms with Crippen LogP contribution in [0.4, 0.5) is 17.2 Å². The molecule has 3 heterocycles. The molecule has 0 saturated heterocycles. The summed E-state index contributed by atoms with van der Waals surface area (Å²) in [7, 11) is 0. The lowest BCUT2D eigenvalue weighted by Crippen LogP contribution is -2.23. The summed E-state index contributed by atoms with van der Waals surface area (Å²) in [5.41, 5.74) is 1.55. The molecule has 0 aliphatic rings. The predicted octanol–water partition coefficient (Wildman–Crippen LogP) is 2.80. The second-order valence-electron chi connectivity index (χ2n) is 6.09. The van der Waals surface area contributed by atoms with Crippen LogP contribution in [0.2, 0.25) is 0 Å². The van der Waals surface area contributed by atoms with Crippen LogP contribution < -0.4 is 10.6 Å². The lowest BCUT2D eigenvalue weighted by atomic mass is 10.2. The number of anilines is 3. The van der Waals surface area contributed by atoms with Gasteiger partial charge >= 0.3 is 0 Å². The molecular formula is C19H18N8O. The van der Waals surface area contributed by atoms with Crippen molar-refractivity contribution in [1.29, 1.82) is 0 Å². The van der Waals surface area contributed by atoms with Crippen molar-refractivity contribution in [3.05, 3.63) is 73.8 Å². The highest BCUT2D eigenvalue weighted by molar-refractivity contribution is 5.93. The van der Waals surface area contributed by atoms with Gasteiger partial charge in [-0.3, -0.25) is 14.0 Å². The fourth-order valence-electron chi connectivity index (χ4n) is 2.61. The highest BCUT2D eigenvalue weighted by Crippen LogP contribution is 2.19. The Morgan fingerprint density at radius 3 is 2.61 bits per heavy atom. The molecule has 2 N–H and O–H groups in total. The second-order valence-corrected chi connectivity index (χ2v) is 6.09. The van der Waals surface area contributed by atoms with Crippen molar-refractivity contribution in [1.82, 2.24) is 29.3 Å². The predicted molar refractivity (Wildman–Crippen MR) is 104 cm³/mol. The molecule has 1 amide bonds. The minimum Gasteiger partial charge on any atom is -0.340 e. The second kappa shape index (κ2) is 7.70. The Morgan fingerprint density at radius 2 is 1.89 bits per heavy atom. The normalized spacial score (nSPS) is 11.8. The van der Waals surface area contributed by atoms with Crippen LogP contribution in [0.15, 0.2) is 73.8 Å². The fraction of sp³-hybridized carbons (Fsp3) is 0.105. The van der Waals surface area contributed by atoms with Crippen LogP contribution in [0.5, 0.6) is 0 Å². The first-order valence-corrected chi connectivity index (χ1v) is 8.66. The first-order valence-electron chi connectivity index (χ1n) is 8.66. The molecular weight excluding hydrogens is 356 g/mol. The minimum absolute atomic E-state index is 0.134. The van der Waals surface area contributed by atoms with Gasteiger partial charge in [0.1, 0.15) is 30.3 Å². The molecule has 4 rings (SSSR count). The number of hydrogen-bond acceptors (Lipinski definition) is 6. The number of nitrogens with one attached hydrogen (secondary N) is 2. The summed E-state index contributed by atoms with van der Waals surface area (Å²) < 4.78 is 3.41. The van der Waals surface area contributed by atoms with Crippen molar-refractivity contribution in [2.24, 2.45) is 0 Å². The molecule has 0 saturated carbocycles. The topological polar surface area (TPSA) is 103 Å². The quantitative estimate of drug-likeness (QED) is 0.538. The molecule has 9 nitrogen and oxygen atoms in total. The molecule has 0 spiro atoms. The number of imidazole rings is 1. The van der Waals surface area contributed by atoms with Gasteiger partial charge in [0.05, 0.1) is 0 Å². The fourth-order valence-corrected chi connectivity index (χ4v) is 2.61. The van der Waals surface area contributed by atoms with Crippen molar-refractivity contribution >= 4 is 23.1 Å². The minimum atomic E-state index is -0.393. The SMILES string of the molecule is C[C@@H](C(=O)Nc1ccc(Nc2cc(-n3ccnc3)ncn2)cc1)n1cccn1. The third-order valence-corrected chi connectivity index (χ3v) is 4.15. The van der Waals surface area contributed by atoms with Crippen molar-refractivity contribution in [3.63, 3.8) is 0 Å². The van der Waals surface area contributed by atoms with E-state index in [0.717, 1.165) is 5.69 Å². The Morgan fingerprint density at radius 1 is 1.07 bits per heavy atom. The molecule has 1 atom stereocenters. The standard InChI is InChI=1S/C19H18N8O/c1-14(27-9-2-7-23-27)19(28)25-16-5-3-15(4-6-16)24-17-11-18(22-12-21-17)26-10-8-20-13-26/h2-14H,1H3,(H,25,28)(H,21,22,24)/t14-/m0/s1. The number of carbonyl (C=O) groups is 1. The van der Waals surface area contributed by atoms with Crippen molar-refractivity contribution in [2.45, 2.75) is 13.0 Å². The van der Waals surface area contributed by atoms with E-state index >= 15 is 0 Å². The van der Waals surface area contributed by atoms with E-state index in [1.807, 2.05) is 36.5 Å². The lowest BCUT2D eigenvalue weighted by molar-refractivity contribution is -0.119. The van der Waals surface area contributed by atoms with Gasteiger partial charge < -0.3 is 10.6 Å². The van der Waals surface area contributed by atoms with Gasteiger partial charge in [-0.15, -0.1) is 0 Å². The van der Waals surface area contributed by atoms with E-state index in [4.69, 9.17) is 0 Å². The van der Waals surface area contributed by atoms with E-state index in [1.54, 1.807) is 47.2 Å². The van der Waals surface area contributed by atoms with Crippen LogP contribution >= 0.6 is 0 Å². The monoisotopic (exact) mass is 374 g/mol. The summed E-state index contributed by atoms with van der Waals surface area (Å²) in [6.07, 6.45) is 10.1. The van der Waals surface area contributed by atoms with Gasteiger partial charge in [0.2, 0.25) is 5.91 Å². The van der Waals surface area contributed by atoms with Gasteiger partial charge in [0.25, 0.3) is 0 Å². The maximum atomic E-state index is 12.3. The number of amides is 1. The summed E-state index contributed by atoms with van der Waals surface area (Å²) in [4.78, 5) is 24.8. The van der Waals surface area contributed by atoms with Crippen molar-refractivity contribution in [2.75, 3.05) is 10.6 Å². The zero-order valence-corrected chi connectivity index (χ0v) is 15.1. The summed E-state index contributed by atoms with van der Waals surface area (Å²) in [6.45, 7) is 1.80. The maximum absolute atomic E-state index is 12.3. The molecule has 1 aromatic carbocycles. The van der Waals surface area contributed by atoms with E-state index in [-0.39, 0.29) is 5.91 Å². The Kier molecular flexibility index (Phi) is 4.79. The van der Waals surface area contributed by atoms with E-state index in [2.05, 4.69) is 30.7 Å². The average molecular weight is 374 g/mol. The highest BCUT2D eigenvalue weighted by Gasteiger charge is 2.14.